The topological polar surface area (TPSA) is 44.8 Å². The van der Waals surface area contributed by atoms with Crippen molar-refractivity contribution in [2.75, 3.05) is 29.9 Å². The number of nitrogens with one attached hydrogen (secondary N) is 1. The Morgan fingerprint density at radius 1 is 1.00 bits per heavy atom. The number of amides is 1. The average Bonchev–Trinajstić information content (AvgIpc) is 3.41. The van der Waals surface area contributed by atoms with E-state index in [0.717, 1.165) is 37.4 Å². The zero-order valence-corrected chi connectivity index (χ0v) is 19.7. The van der Waals surface area contributed by atoms with Crippen molar-refractivity contribution >= 4 is 17.3 Å². The predicted molar refractivity (Wildman–Crippen MR) is 132 cm³/mol. The van der Waals surface area contributed by atoms with Crippen LogP contribution in [0.25, 0.3) is 0 Å². The van der Waals surface area contributed by atoms with Crippen molar-refractivity contribution in [2.24, 2.45) is 0 Å². The van der Waals surface area contributed by atoms with Crippen molar-refractivity contribution in [3.8, 4) is 5.75 Å². The van der Waals surface area contributed by atoms with Crippen LogP contribution < -0.4 is 15.0 Å². The van der Waals surface area contributed by atoms with Gasteiger partial charge in [0.1, 0.15) is 5.75 Å². The third-order valence-electron chi connectivity index (χ3n) is 6.98. The highest BCUT2D eigenvalue weighted by atomic mass is 16.5. The first kappa shape index (κ1) is 22.7. The van der Waals surface area contributed by atoms with Gasteiger partial charge >= 0.3 is 0 Å². The van der Waals surface area contributed by atoms with Gasteiger partial charge in [0, 0.05) is 48.2 Å². The van der Waals surface area contributed by atoms with E-state index in [1.165, 1.54) is 24.9 Å². The van der Waals surface area contributed by atoms with Crippen LogP contribution in [0.5, 0.6) is 5.75 Å². The molecule has 2 fully saturated rings. The van der Waals surface area contributed by atoms with Crippen LogP contribution in [0.4, 0.5) is 11.4 Å². The smallest absolute Gasteiger partial charge is 0.255 e. The molecule has 0 aliphatic carbocycles. The summed E-state index contributed by atoms with van der Waals surface area (Å²) in [5, 5.41) is 3.01. The molecule has 2 aliphatic heterocycles. The number of hydrogen-bond donors (Lipinski definition) is 1. The van der Waals surface area contributed by atoms with Gasteiger partial charge in [-0.15, -0.1) is 0 Å². The van der Waals surface area contributed by atoms with Crippen LogP contribution in [-0.4, -0.2) is 48.6 Å². The quantitative estimate of drug-likeness (QED) is 0.551. The molecule has 3 unspecified atom stereocenters. The molecule has 0 saturated carbocycles. The van der Waals surface area contributed by atoms with E-state index < -0.39 is 0 Å². The van der Waals surface area contributed by atoms with Gasteiger partial charge in [-0.3, -0.25) is 9.69 Å². The Hall–Kier alpha value is -2.53. The van der Waals surface area contributed by atoms with E-state index in [9.17, 15) is 4.79 Å². The van der Waals surface area contributed by atoms with E-state index in [-0.39, 0.29) is 5.91 Å². The highest BCUT2D eigenvalue weighted by Crippen LogP contribution is 2.32. The number of carbonyl (C=O) groups excluding carboxylic acids is 1. The molecule has 5 nitrogen and oxygen atoms in total. The van der Waals surface area contributed by atoms with Gasteiger partial charge in [0.15, 0.2) is 0 Å². The number of rotatable bonds is 8. The average molecular weight is 436 g/mol. The first-order valence-electron chi connectivity index (χ1n) is 12.2. The van der Waals surface area contributed by atoms with E-state index in [0.29, 0.717) is 30.3 Å². The van der Waals surface area contributed by atoms with Gasteiger partial charge in [0.25, 0.3) is 5.91 Å². The molecule has 1 amide bonds. The van der Waals surface area contributed by atoms with Crippen LogP contribution in [0.3, 0.4) is 0 Å². The third-order valence-corrected chi connectivity index (χ3v) is 6.98. The lowest BCUT2D eigenvalue weighted by molar-refractivity contribution is 0.102. The number of benzene rings is 2. The fourth-order valence-corrected chi connectivity index (χ4v) is 5.15. The molecule has 0 bridgehead atoms. The molecule has 3 atom stereocenters. The number of likely N-dealkylation sites (tertiary alicyclic amines) is 1. The zero-order valence-electron chi connectivity index (χ0n) is 19.7. The maximum Gasteiger partial charge on any atom is 0.255 e. The van der Waals surface area contributed by atoms with Crippen LogP contribution in [0.1, 0.15) is 63.2 Å². The summed E-state index contributed by atoms with van der Waals surface area (Å²) in [4.78, 5) is 17.8. The number of unbranched alkanes of at least 4 members (excludes halogenated alkanes) is 1. The predicted octanol–water partition coefficient (Wildman–Crippen LogP) is 5.57. The maximum absolute atomic E-state index is 12.6. The van der Waals surface area contributed by atoms with Crippen molar-refractivity contribution < 1.29 is 9.53 Å². The van der Waals surface area contributed by atoms with Gasteiger partial charge < -0.3 is 15.0 Å². The summed E-state index contributed by atoms with van der Waals surface area (Å²) in [6.07, 6.45) is 6.01. The summed E-state index contributed by atoms with van der Waals surface area (Å²) >= 11 is 0. The third kappa shape index (κ3) is 5.26. The molecule has 2 aromatic carbocycles. The van der Waals surface area contributed by atoms with Gasteiger partial charge in [0.2, 0.25) is 0 Å². The highest BCUT2D eigenvalue weighted by Gasteiger charge is 2.36. The van der Waals surface area contributed by atoms with Crippen molar-refractivity contribution in [2.45, 2.75) is 71.0 Å². The number of nitrogens with zero attached hydrogens (tertiary/aromatic N) is 2. The second-order valence-corrected chi connectivity index (χ2v) is 9.34. The van der Waals surface area contributed by atoms with Crippen LogP contribution in [-0.2, 0) is 0 Å². The number of hydrogen-bond acceptors (Lipinski definition) is 4. The SMILES string of the molecule is CCCCOc1ccc(C(=O)Nc2ccc(N3CCC(N4C(C)CCC4C)C3)cc2)cc1. The number of anilines is 2. The Bertz CT molecular complexity index is 871. The Morgan fingerprint density at radius 2 is 1.69 bits per heavy atom. The summed E-state index contributed by atoms with van der Waals surface area (Å²) in [6.45, 7) is 9.78. The van der Waals surface area contributed by atoms with Crippen LogP contribution >= 0.6 is 0 Å². The minimum absolute atomic E-state index is 0.101. The Labute approximate surface area is 192 Å². The van der Waals surface area contributed by atoms with Gasteiger partial charge in [0.05, 0.1) is 6.61 Å². The zero-order chi connectivity index (χ0) is 22.5. The number of carbonyl (C=O) groups is 1. The van der Waals surface area contributed by atoms with Crippen molar-refractivity contribution in [3.63, 3.8) is 0 Å². The van der Waals surface area contributed by atoms with Crippen LogP contribution in [0.15, 0.2) is 48.5 Å². The van der Waals surface area contributed by atoms with Crippen LogP contribution in [0, 0.1) is 0 Å². The summed E-state index contributed by atoms with van der Waals surface area (Å²) in [7, 11) is 0. The largest absolute Gasteiger partial charge is 0.494 e. The lowest BCUT2D eigenvalue weighted by atomic mass is 10.1. The van der Waals surface area contributed by atoms with Gasteiger partial charge in [-0.25, -0.2) is 0 Å². The lowest BCUT2D eigenvalue weighted by Crippen LogP contribution is -2.43. The molecule has 0 spiro atoms. The first-order chi connectivity index (χ1) is 15.5. The molecule has 0 radical (unpaired) electrons. The summed E-state index contributed by atoms with van der Waals surface area (Å²) in [5.41, 5.74) is 2.69. The standard InChI is InChI=1S/C27H37N3O2/c1-4-5-18-32-26-14-8-22(9-15-26)27(31)28-23-10-12-24(13-11-23)29-17-16-25(19-29)30-20(2)6-7-21(30)3/h8-15,20-21,25H,4-7,16-19H2,1-3H3,(H,28,31). The van der Waals surface area contributed by atoms with Gasteiger partial charge in [-0.1, -0.05) is 13.3 Å². The minimum Gasteiger partial charge on any atom is -0.494 e. The molecule has 32 heavy (non-hydrogen) atoms. The van der Waals surface area contributed by atoms with E-state index in [2.05, 4.69) is 48.0 Å². The van der Waals surface area contributed by atoms with Gasteiger partial charge in [-0.2, -0.15) is 0 Å². The Kier molecular flexibility index (Phi) is 7.36. The highest BCUT2D eigenvalue weighted by molar-refractivity contribution is 6.04. The molecule has 5 heteroatoms. The molecule has 1 N–H and O–H groups in total. The fraction of sp³-hybridized carbons (Fsp3) is 0.519. The van der Waals surface area contributed by atoms with Crippen molar-refractivity contribution in [1.82, 2.24) is 4.90 Å². The molecule has 2 aromatic rings. The number of ether oxygens (including phenoxy) is 1. The molecular formula is C27H37N3O2. The van der Waals surface area contributed by atoms with E-state index in [1.54, 1.807) is 0 Å². The second kappa shape index (κ2) is 10.4. The monoisotopic (exact) mass is 435 g/mol. The van der Waals surface area contributed by atoms with E-state index in [4.69, 9.17) is 4.74 Å². The molecule has 4 rings (SSSR count). The fourth-order valence-electron chi connectivity index (χ4n) is 5.15. The molecule has 2 heterocycles. The molecular weight excluding hydrogens is 398 g/mol. The normalized spacial score (nSPS) is 23.5. The summed E-state index contributed by atoms with van der Waals surface area (Å²) in [5.74, 6) is 0.706. The lowest BCUT2D eigenvalue weighted by Gasteiger charge is -2.32. The van der Waals surface area contributed by atoms with Crippen molar-refractivity contribution in [3.05, 3.63) is 54.1 Å². The summed E-state index contributed by atoms with van der Waals surface area (Å²) in [6, 6.07) is 17.7. The minimum atomic E-state index is -0.101. The first-order valence-corrected chi connectivity index (χ1v) is 12.2. The second-order valence-electron chi connectivity index (χ2n) is 9.34. The molecule has 2 aliphatic rings. The van der Waals surface area contributed by atoms with E-state index >= 15 is 0 Å². The Balaban J connectivity index is 1.30. The molecule has 0 aromatic heterocycles. The van der Waals surface area contributed by atoms with Crippen molar-refractivity contribution in [1.29, 1.82) is 0 Å². The molecule has 2 saturated heterocycles. The molecule has 172 valence electrons. The Morgan fingerprint density at radius 3 is 2.34 bits per heavy atom. The summed E-state index contributed by atoms with van der Waals surface area (Å²) < 4.78 is 5.67. The van der Waals surface area contributed by atoms with E-state index in [1.807, 2.05) is 36.4 Å². The van der Waals surface area contributed by atoms with Gasteiger partial charge in [-0.05, 0) is 88.1 Å². The maximum atomic E-state index is 12.6. The van der Waals surface area contributed by atoms with Crippen LogP contribution in [0.2, 0.25) is 0 Å².